The van der Waals surface area contributed by atoms with Crippen LogP contribution in [0.4, 0.5) is 0 Å². The summed E-state index contributed by atoms with van der Waals surface area (Å²) in [6, 6.07) is 0. The Bertz CT molecular complexity index is 1110. The minimum absolute atomic E-state index is 0.0751. The standard InChI is InChI=1S/C28H59O14P.C14H31O9P/c1-23(35-15-13-33-11-9-31-7)17-37-25(3)19-39-27(5)21-41-43(29,30)42-22-28(6)40-20-26(4)38-18-24(2)36-16-14-34-12-10-32-8;1-12(20-8-7-19-6-5-18-4)9-21-13(2)10-22-14(3)11-23-24(15,16)17/h23-28H,9-22H2,1-8H3,(H,29,30);12-14H,5-11H2,1-4H3,(H2,15,16,17). The largest absolute Gasteiger partial charge is 0.472 e. The van der Waals surface area contributed by atoms with E-state index in [4.69, 9.17) is 89.9 Å². The topological polar surface area (TPSA) is 261 Å². The number of hydrogen-bond donors (Lipinski definition) is 3. The first kappa shape index (κ1) is 68.7. The predicted molar refractivity (Wildman–Crippen MR) is 247 cm³/mol. The van der Waals surface area contributed by atoms with Crippen LogP contribution < -0.4 is 0 Å². The molecule has 0 aromatic rings. The van der Waals surface area contributed by atoms with Crippen LogP contribution in [0.3, 0.4) is 0 Å². The molecular weight excluding hydrogens is 934 g/mol. The number of phosphoric ester groups is 2. The molecule has 0 bridgehead atoms. The maximum absolute atomic E-state index is 12.3. The average Bonchev–Trinajstić information content (AvgIpc) is 3.28. The maximum atomic E-state index is 12.3. The molecule has 0 aromatic heterocycles. The van der Waals surface area contributed by atoms with Gasteiger partial charge in [0.1, 0.15) is 0 Å². The molecule has 0 radical (unpaired) electrons. The quantitative estimate of drug-likeness (QED) is 0.0577. The van der Waals surface area contributed by atoms with Crippen molar-refractivity contribution in [1.29, 1.82) is 0 Å². The molecule has 0 rings (SSSR count). The van der Waals surface area contributed by atoms with Gasteiger partial charge in [-0.05, 0) is 62.3 Å². The molecule has 9 unspecified atom stereocenters. The Balaban J connectivity index is 0. The van der Waals surface area contributed by atoms with E-state index in [1.165, 1.54) is 0 Å². The van der Waals surface area contributed by atoms with Crippen molar-refractivity contribution in [2.24, 2.45) is 0 Å². The van der Waals surface area contributed by atoms with Gasteiger partial charge in [-0.25, -0.2) is 9.13 Å². The van der Waals surface area contributed by atoms with Crippen LogP contribution in [-0.2, 0) is 93.8 Å². The first-order valence-corrected chi connectivity index (χ1v) is 25.8. The van der Waals surface area contributed by atoms with Crippen molar-refractivity contribution >= 4 is 15.6 Å². The Kier molecular flexibility index (Phi) is 46.6. The summed E-state index contributed by atoms with van der Waals surface area (Å²) in [5.41, 5.74) is 0. The Morgan fingerprint density at radius 3 is 0.746 bits per heavy atom. The van der Waals surface area contributed by atoms with Crippen LogP contribution in [0.2, 0.25) is 0 Å². The van der Waals surface area contributed by atoms with Crippen molar-refractivity contribution in [3.05, 3.63) is 0 Å². The first-order valence-electron chi connectivity index (χ1n) is 22.8. The Morgan fingerprint density at radius 1 is 0.299 bits per heavy atom. The molecule has 0 aliphatic rings. The summed E-state index contributed by atoms with van der Waals surface area (Å²) in [7, 11) is -3.86. The van der Waals surface area contributed by atoms with Gasteiger partial charge >= 0.3 is 15.6 Å². The van der Waals surface area contributed by atoms with Gasteiger partial charge in [-0.2, -0.15) is 0 Å². The lowest BCUT2D eigenvalue weighted by atomic mass is 10.4. The van der Waals surface area contributed by atoms with E-state index in [9.17, 15) is 14.0 Å². The summed E-state index contributed by atoms with van der Waals surface area (Å²) in [6.45, 7) is 24.3. The lowest BCUT2D eigenvalue weighted by molar-refractivity contribution is -0.0833. The van der Waals surface area contributed by atoms with Crippen LogP contribution in [-0.4, -0.2) is 230 Å². The second-order valence-electron chi connectivity index (χ2n) is 15.6. The van der Waals surface area contributed by atoms with Gasteiger partial charge in [0.15, 0.2) is 0 Å². The van der Waals surface area contributed by atoms with E-state index >= 15 is 0 Å². The van der Waals surface area contributed by atoms with Gasteiger partial charge in [-0.1, -0.05) is 0 Å². The molecule has 67 heavy (non-hydrogen) atoms. The zero-order valence-electron chi connectivity index (χ0n) is 42.4. The number of hydrogen-bond acceptors (Lipinski definition) is 20. The summed E-state index contributed by atoms with van der Waals surface area (Å²) in [5, 5.41) is 0. The Hall–Kier alpha value is -0.380. The molecule has 0 spiro atoms. The Morgan fingerprint density at radius 2 is 0.507 bits per heavy atom. The van der Waals surface area contributed by atoms with Gasteiger partial charge in [0, 0.05) is 21.3 Å². The van der Waals surface area contributed by atoms with E-state index in [1.807, 2.05) is 41.5 Å². The van der Waals surface area contributed by atoms with Gasteiger partial charge in [0.05, 0.1) is 194 Å². The fourth-order valence-corrected chi connectivity index (χ4v) is 5.80. The van der Waals surface area contributed by atoms with Crippen molar-refractivity contribution in [1.82, 2.24) is 0 Å². The maximum Gasteiger partial charge on any atom is 0.472 e. The summed E-state index contributed by atoms with van der Waals surface area (Å²) in [6.07, 6.45) is -2.19. The molecule has 23 nitrogen and oxygen atoms in total. The number of phosphoric acid groups is 2. The smallest absolute Gasteiger partial charge is 0.382 e. The normalized spacial score (nSPS) is 17.1. The zero-order chi connectivity index (χ0) is 50.8. The zero-order valence-corrected chi connectivity index (χ0v) is 44.2. The third kappa shape index (κ3) is 51.8. The van der Waals surface area contributed by atoms with Crippen LogP contribution >= 0.6 is 15.6 Å². The van der Waals surface area contributed by atoms with E-state index in [1.54, 1.807) is 42.1 Å². The first-order chi connectivity index (χ1) is 31.7. The molecule has 0 aromatic carbocycles. The highest BCUT2D eigenvalue weighted by Crippen LogP contribution is 2.43. The SMILES string of the molecule is COCCOCCOC(C)COC(C)COC(C)COP(=O)(O)O.COCCOCCOC(C)COC(C)COC(C)COP(=O)(O)OCC(C)OCC(C)OCC(C)OCCOCCOC. The molecule has 0 aliphatic carbocycles. The molecule has 0 saturated carbocycles. The summed E-state index contributed by atoms with van der Waals surface area (Å²) in [4.78, 5) is 27.2. The van der Waals surface area contributed by atoms with Gasteiger partial charge in [0.25, 0.3) is 0 Å². The lowest BCUT2D eigenvalue weighted by Crippen LogP contribution is -2.27. The third-order valence-electron chi connectivity index (χ3n) is 8.30. The summed E-state index contributed by atoms with van der Waals surface area (Å²) in [5.74, 6) is 0. The van der Waals surface area contributed by atoms with Crippen molar-refractivity contribution in [3.8, 4) is 0 Å². The molecule has 9 atom stereocenters. The minimum atomic E-state index is -4.46. The van der Waals surface area contributed by atoms with Gasteiger partial charge in [0.2, 0.25) is 0 Å². The number of rotatable bonds is 48. The summed E-state index contributed by atoms with van der Waals surface area (Å²) >= 11 is 0. The highest BCUT2D eigenvalue weighted by atomic mass is 31.2. The van der Waals surface area contributed by atoms with Crippen LogP contribution in [0.25, 0.3) is 0 Å². The molecule has 25 heteroatoms. The van der Waals surface area contributed by atoms with Crippen LogP contribution in [0.5, 0.6) is 0 Å². The molecule has 0 fully saturated rings. The number of ether oxygens (including phenoxy) is 15. The van der Waals surface area contributed by atoms with Crippen LogP contribution in [0, 0.1) is 0 Å². The molecule has 0 heterocycles. The summed E-state index contributed by atoms with van der Waals surface area (Å²) < 4.78 is 119. The molecule has 0 saturated heterocycles. The van der Waals surface area contributed by atoms with E-state index in [0.717, 1.165) is 0 Å². The van der Waals surface area contributed by atoms with Crippen molar-refractivity contribution < 1.29 is 108 Å². The second kappa shape index (κ2) is 45.5. The molecular formula is C42H90O23P2. The monoisotopic (exact) mass is 1020 g/mol. The van der Waals surface area contributed by atoms with Crippen molar-refractivity contribution in [2.75, 3.05) is 160 Å². The van der Waals surface area contributed by atoms with Crippen LogP contribution in [0.15, 0.2) is 0 Å². The second-order valence-corrected chi connectivity index (χ2v) is 18.3. The van der Waals surface area contributed by atoms with E-state index in [0.29, 0.717) is 106 Å². The van der Waals surface area contributed by atoms with Crippen molar-refractivity contribution in [2.45, 2.75) is 117 Å². The minimum Gasteiger partial charge on any atom is -0.382 e. The van der Waals surface area contributed by atoms with Gasteiger partial charge in [-0.15, -0.1) is 0 Å². The predicted octanol–water partition coefficient (Wildman–Crippen LogP) is 3.85. The fraction of sp³-hybridized carbons (Fsp3) is 1.00. The van der Waals surface area contributed by atoms with Crippen LogP contribution in [0.1, 0.15) is 62.3 Å². The molecule has 406 valence electrons. The molecule has 0 amide bonds. The Labute approximate surface area is 400 Å². The van der Waals surface area contributed by atoms with E-state index in [-0.39, 0.29) is 69.7 Å². The molecule has 3 N–H and O–H groups in total. The van der Waals surface area contributed by atoms with E-state index < -0.39 is 34.0 Å². The highest BCUT2D eigenvalue weighted by molar-refractivity contribution is 7.47. The van der Waals surface area contributed by atoms with Gasteiger partial charge in [-0.3, -0.25) is 13.6 Å². The molecule has 0 aliphatic heterocycles. The average molecular weight is 1030 g/mol. The van der Waals surface area contributed by atoms with Gasteiger partial charge < -0.3 is 85.7 Å². The van der Waals surface area contributed by atoms with E-state index in [2.05, 4.69) is 4.52 Å². The highest BCUT2D eigenvalue weighted by Gasteiger charge is 2.24. The van der Waals surface area contributed by atoms with Crippen molar-refractivity contribution in [3.63, 3.8) is 0 Å². The third-order valence-corrected chi connectivity index (χ3v) is 9.74. The lowest BCUT2D eigenvalue weighted by Gasteiger charge is -2.22. The fourth-order valence-electron chi connectivity index (χ4n) is 4.53. The number of methoxy groups -OCH3 is 3.